The van der Waals surface area contributed by atoms with Gasteiger partial charge in [0.25, 0.3) is 5.91 Å². The number of aryl methyl sites for hydroxylation is 1. The molecule has 1 aromatic heterocycles. The molecule has 2 N–H and O–H groups in total. The molecule has 0 aliphatic rings. The molecular formula is C10H15N3O3. The second-order valence-corrected chi connectivity index (χ2v) is 3.22. The monoisotopic (exact) mass is 225 g/mol. The van der Waals surface area contributed by atoms with E-state index >= 15 is 0 Å². The van der Waals surface area contributed by atoms with E-state index in [0.29, 0.717) is 6.54 Å². The zero-order chi connectivity index (χ0) is 12.1. The first-order valence-electron chi connectivity index (χ1n) is 5.14. The Bertz CT molecular complexity index is 398. The van der Waals surface area contributed by atoms with Gasteiger partial charge in [-0.15, -0.1) is 0 Å². The summed E-state index contributed by atoms with van der Waals surface area (Å²) in [6.07, 6.45) is 0.798. The lowest BCUT2D eigenvalue weighted by molar-refractivity contribution is 0.0511. The van der Waals surface area contributed by atoms with Crippen molar-refractivity contribution in [1.29, 1.82) is 0 Å². The highest BCUT2D eigenvalue weighted by Gasteiger charge is 2.18. The van der Waals surface area contributed by atoms with Crippen LogP contribution in [0.4, 0.5) is 0 Å². The minimum Gasteiger partial charge on any atom is -0.461 e. The van der Waals surface area contributed by atoms with Crippen LogP contribution in [-0.4, -0.2) is 28.3 Å². The van der Waals surface area contributed by atoms with E-state index in [2.05, 4.69) is 5.10 Å². The molecule has 0 radical (unpaired) electrons. The summed E-state index contributed by atoms with van der Waals surface area (Å²) < 4.78 is 6.30. The van der Waals surface area contributed by atoms with Crippen LogP contribution in [-0.2, 0) is 11.3 Å². The predicted octanol–water partition coefficient (Wildman–Crippen LogP) is 0.569. The molecule has 0 aliphatic heterocycles. The number of esters is 1. The Morgan fingerprint density at radius 1 is 1.50 bits per heavy atom. The van der Waals surface area contributed by atoms with E-state index in [1.807, 2.05) is 6.92 Å². The summed E-state index contributed by atoms with van der Waals surface area (Å²) in [5.74, 6) is -1.14. The molecule has 1 amide bonds. The molecule has 1 heterocycles. The number of nitrogens with two attached hydrogens (primary N) is 1. The van der Waals surface area contributed by atoms with Crippen molar-refractivity contribution in [3.8, 4) is 0 Å². The highest BCUT2D eigenvalue weighted by Crippen LogP contribution is 2.07. The summed E-state index contributed by atoms with van der Waals surface area (Å²) in [5, 5.41) is 3.94. The molecule has 0 fully saturated rings. The third-order valence-electron chi connectivity index (χ3n) is 1.95. The fourth-order valence-corrected chi connectivity index (χ4v) is 1.29. The summed E-state index contributed by atoms with van der Waals surface area (Å²) >= 11 is 0. The van der Waals surface area contributed by atoms with E-state index in [1.54, 1.807) is 6.92 Å². The van der Waals surface area contributed by atoms with E-state index in [1.165, 1.54) is 10.7 Å². The van der Waals surface area contributed by atoms with Gasteiger partial charge in [0.05, 0.1) is 6.61 Å². The number of primary amides is 1. The molecule has 1 rings (SSSR count). The van der Waals surface area contributed by atoms with Gasteiger partial charge in [0.2, 0.25) is 0 Å². The molecule has 0 saturated carbocycles. The van der Waals surface area contributed by atoms with Crippen LogP contribution in [0.5, 0.6) is 0 Å². The minimum absolute atomic E-state index is 0.0801. The first-order chi connectivity index (χ1) is 7.60. The molecule has 0 aliphatic carbocycles. The van der Waals surface area contributed by atoms with Crippen LogP contribution in [0.1, 0.15) is 41.2 Å². The summed E-state index contributed by atoms with van der Waals surface area (Å²) in [4.78, 5) is 22.5. The number of carbonyl (C=O) groups is 2. The Kier molecular flexibility index (Phi) is 4.04. The number of hydrogen-bond donors (Lipinski definition) is 1. The molecule has 16 heavy (non-hydrogen) atoms. The number of nitrogens with zero attached hydrogens (tertiary/aromatic N) is 2. The highest BCUT2D eigenvalue weighted by atomic mass is 16.5. The number of rotatable bonds is 5. The summed E-state index contributed by atoms with van der Waals surface area (Å²) in [7, 11) is 0. The van der Waals surface area contributed by atoms with Crippen LogP contribution in [0.25, 0.3) is 0 Å². The van der Waals surface area contributed by atoms with Crippen LogP contribution in [0.15, 0.2) is 6.07 Å². The Labute approximate surface area is 93.4 Å². The number of ether oxygens (including phenoxy) is 1. The van der Waals surface area contributed by atoms with Crippen LogP contribution in [0.2, 0.25) is 0 Å². The molecule has 0 aromatic carbocycles. The number of hydrogen-bond acceptors (Lipinski definition) is 4. The van der Waals surface area contributed by atoms with Crippen molar-refractivity contribution in [2.24, 2.45) is 5.73 Å². The van der Waals surface area contributed by atoms with Crippen LogP contribution < -0.4 is 5.73 Å². The average Bonchev–Trinajstić information content (AvgIpc) is 2.63. The van der Waals surface area contributed by atoms with Crippen molar-refractivity contribution in [3.05, 3.63) is 17.5 Å². The molecule has 88 valence electrons. The lowest BCUT2D eigenvalue weighted by Crippen LogP contribution is -2.14. The average molecular weight is 225 g/mol. The molecule has 6 heteroatoms. The lowest BCUT2D eigenvalue weighted by Gasteiger charge is -2.04. The van der Waals surface area contributed by atoms with Crippen LogP contribution in [0.3, 0.4) is 0 Å². The Morgan fingerprint density at radius 2 is 2.19 bits per heavy atom. The summed E-state index contributed by atoms with van der Waals surface area (Å²) in [6, 6.07) is 1.36. The molecule has 0 atom stereocenters. The smallest absolute Gasteiger partial charge is 0.356 e. The van der Waals surface area contributed by atoms with E-state index in [9.17, 15) is 9.59 Å². The van der Waals surface area contributed by atoms with Crippen molar-refractivity contribution < 1.29 is 14.3 Å². The summed E-state index contributed by atoms with van der Waals surface area (Å²) in [6.45, 7) is 4.48. The molecule has 0 saturated heterocycles. The van der Waals surface area contributed by atoms with Gasteiger partial charge >= 0.3 is 5.97 Å². The van der Waals surface area contributed by atoms with E-state index < -0.39 is 11.9 Å². The standard InChI is InChI=1S/C10H15N3O3/c1-3-5-13-8(10(15)16-4-2)6-7(12-13)9(11)14/h6H,3-5H2,1-2H3,(H2,11,14). The number of aromatic nitrogens is 2. The van der Waals surface area contributed by atoms with E-state index in [4.69, 9.17) is 10.5 Å². The number of carbonyl (C=O) groups excluding carboxylic acids is 2. The zero-order valence-electron chi connectivity index (χ0n) is 9.40. The maximum Gasteiger partial charge on any atom is 0.356 e. The topological polar surface area (TPSA) is 87.2 Å². The van der Waals surface area contributed by atoms with Crippen molar-refractivity contribution in [2.45, 2.75) is 26.8 Å². The van der Waals surface area contributed by atoms with Gasteiger partial charge in [-0.05, 0) is 13.3 Å². The Hall–Kier alpha value is -1.85. The van der Waals surface area contributed by atoms with Gasteiger partial charge in [0.15, 0.2) is 5.69 Å². The van der Waals surface area contributed by atoms with Gasteiger partial charge in [0.1, 0.15) is 5.69 Å². The Balaban J connectivity index is 3.04. The second kappa shape index (κ2) is 5.29. The third-order valence-corrected chi connectivity index (χ3v) is 1.95. The van der Waals surface area contributed by atoms with Gasteiger partial charge in [0, 0.05) is 12.6 Å². The molecule has 0 unspecified atom stereocenters. The van der Waals surface area contributed by atoms with Gasteiger partial charge < -0.3 is 10.5 Å². The first-order valence-corrected chi connectivity index (χ1v) is 5.14. The first kappa shape index (κ1) is 12.2. The second-order valence-electron chi connectivity index (χ2n) is 3.22. The lowest BCUT2D eigenvalue weighted by atomic mass is 10.3. The molecular weight excluding hydrogens is 210 g/mol. The largest absolute Gasteiger partial charge is 0.461 e. The van der Waals surface area contributed by atoms with Crippen molar-refractivity contribution in [1.82, 2.24) is 9.78 Å². The fourth-order valence-electron chi connectivity index (χ4n) is 1.29. The minimum atomic E-state index is -0.652. The van der Waals surface area contributed by atoms with Gasteiger partial charge in [-0.25, -0.2) is 4.79 Å². The maximum absolute atomic E-state index is 11.5. The quantitative estimate of drug-likeness (QED) is 0.742. The predicted molar refractivity (Wildman–Crippen MR) is 57.0 cm³/mol. The molecule has 6 nitrogen and oxygen atoms in total. The Morgan fingerprint density at radius 3 is 2.69 bits per heavy atom. The maximum atomic E-state index is 11.5. The van der Waals surface area contributed by atoms with Gasteiger partial charge in [-0.1, -0.05) is 6.92 Å². The zero-order valence-corrected chi connectivity index (χ0v) is 9.40. The molecule has 1 aromatic rings. The van der Waals surface area contributed by atoms with E-state index in [-0.39, 0.29) is 18.0 Å². The van der Waals surface area contributed by atoms with Crippen LogP contribution >= 0.6 is 0 Å². The SMILES string of the molecule is CCCn1nc(C(N)=O)cc1C(=O)OCC. The third kappa shape index (κ3) is 2.59. The molecule has 0 spiro atoms. The highest BCUT2D eigenvalue weighted by molar-refractivity contribution is 5.95. The van der Waals surface area contributed by atoms with Crippen molar-refractivity contribution in [2.75, 3.05) is 6.61 Å². The normalized spacial score (nSPS) is 10.1. The van der Waals surface area contributed by atoms with E-state index in [0.717, 1.165) is 6.42 Å². The van der Waals surface area contributed by atoms with Crippen molar-refractivity contribution >= 4 is 11.9 Å². The van der Waals surface area contributed by atoms with Gasteiger partial charge in [-0.3, -0.25) is 9.48 Å². The summed E-state index contributed by atoms with van der Waals surface area (Å²) in [5.41, 5.74) is 5.44. The van der Waals surface area contributed by atoms with Crippen LogP contribution in [0, 0.1) is 0 Å². The van der Waals surface area contributed by atoms with Gasteiger partial charge in [-0.2, -0.15) is 5.10 Å². The van der Waals surface area contributed by atoms with Crippen molar-refractivity contribution in [3.63, 3.8) is 0 Å². The fraction of sp³-hybridized carbons (Fsp3) is 0.500. The number of amides is 1. The molecule has 0 bridgehead atoms.